The molecule has 1 heteroatoms. The smallest absolute Gasteiger partial charge is 0.118 e. The predicted molar refractivity (Wildman–Crippen MR) is 77.7 cm³/mol. The number of benzene rings is 2. The first kappa shape index (κ1) is 11.0. The zero-order valence-electron chi connectivity index (χ0n) is 11.0. The summed E-state index contributed by atoms with van der Waals surface area (Å²) in [6.45, 7) is 1.15. The minimum absolute atomic E-state index is 0.699. The second kappa shape index (κ2) is 4.36. The highest BCUT2D eigenvalue weighted by Crippen LogP contribution is 2.30. The molecule has 2 heterocycles. The molecule has 0 aliphatic carbocycles. The third-order valence-corrected chi connectivity index (χ3v) is 4.42. The molecule has 2 unspecified atom stereocenters. The molecule has 4 rings (SSSR count). The van der Waals surface area contributed by atoms with Crippen LogP contribution in [0.3, 0.4) is 0 Å². The average Bonchev–Trinajstić information content (AvgIpc) is 2.86. The number of allylic oxidation sites excluding steroid dienone is 1. The van der Waals surface area contributed by atoms with E-state index in [0.29, 0.717) is 6.04 Å². The maximum atomic E-state index is 2.39. The van der Waals surface area contributed by atoms with Crippen LogP contribution in [0.25, 0.3) is 11.1 Å². The Morgan fingerprint density at radius 2 is 1.84 bits per heavy atom. The van der Waals surface area contributed by atoms with E-state index in [-0.39, 0.29) is 0 Å². The van der Waals surface area contributed by atoms with Gasteiger partial charge in [-0.3, -0.25) is 4.90 Å². The van der Waals surface area contributed by atoms with Gasteiger partial charge in [-0.15, -0.1) is 0 Å². The van der Waals surface area contributed by atoms with Crippen LogP contribution in [0.2, 0.25) is 0 Å². The van der Waals surface area contributed by atoms with E-state index in [1.54, 1.807) is 10.5 Å². The molecular formula is C18H18N+. The Balaban J connectivity index is 1.75. The first-order chi connectivity index (χ1) is 9.42. The lowest BCUT2D eigenvalue weighted by Crippen LogP contribution is -3.05. The van der Waals surface area contributed by atoms with Crippen LogP contribution in [0.1, 0.15) is 30.0 Å². The second-order valence-corrected chi connectivity index (χ2v) is 5.56. The summed E-state index contributed by atoms with van der Waals surface area (Å²) in [6.07, 6.45) is 7.21. The number of fused-ring (bicyclic) bond motifs is 3. The normalized spacial score (nSPS) is 24.0. The van der Waals surface area contributed by atoms with Crippen LogP contribution in [0.5, 0.6) is 0 Å². The third-order valence-electron chi connectivity index (χ3n) is 4.42. The van der Waals surface area contributed by atoms with Crippen molar-refractivity contribution < 1.29 is 4.90 Å². The third kappa shape index (κ3) is 1.82. The van der Waals surface area contributed by atoms with E-state index < -0.39 is 0 Å². The molecule has 0 spiro atoms. The summed E-state index contributed by atoms with van der Waals surface area (Å²) >= 11 is 0. The van der Waals surface area contributed by atoms with Gasteiger partial charge in [0.15, 0.2) is 0 Å². The summed E-state index contributed by atoms with van der Waals surface area (Å²) in [5.74, 6) is 0. The van der Waals surface area contributed by atoms with Gasteiger partial charge in [0.1, 0.15) is 12.6 Å². The van der Waals surface area contributed by atoms with Gasteiger partial charge in [-0.1, -0.05) is 42.5 Å². The predicted octanol–water partition coefficient (Wildman–Crippen LogP) is 3.10. The maximum Gasteiger partial charge on any atom is 0.118 e. The van der Waals surface area contributed by atoms with Crippen molar-refractivity contribution in [2.24, 2.45) is 0 Å². The zero-order valence-corrected chi connectivity index (χ0v) is 11.0. The number of rotatable bonds is 1. The highest BCUT2D eigenvalue weighted by molar-refractivity contribution is 5.65. The summed E-state index contributed by atoms with van der Waals surface area (Å²) in [4.78, 5) is 1.62. The van der Waals surface area contributed by atoms with Crippen LogP contribution in [0, 0.1) is 0 Å². The van der Waals surface area contributed by atoms with Gasteiger partial charge in [0, 0.05) is 17.5 Å². The van der Waals surface area contributed by atoms with Crippen LogP contribution in [-0.4, -0.2) is 0 Å². The number of nitrogens with one attached hydrogen (secondary N) is 1. The fourth-order valence-corrected chi connectivity index (χ4v) is 3.47. The van der Waals surface area contributed by atoms with Gasteiger partial charge in [0.25, 0.3) is 0 Å². The van der Waals surface area contributed by atoms with Crippen molar-refractivity contribution in [1.82, 2.24) is 0 Å². The van der Waals surface area contributed by atoms with E-state index in [2.05, 4.69) is 60.8 Å². The van der Waals surface area contributed by atoms with E-state index >= 15 is 0 Å². The molecule has 1 N–H and O–H groups in total. The van der Waals surface area contributed by atoms with Crippen molar-refractivity contribution in [3.05, 3.63) is 71.9 Å². The molecule has 1 nitrogen and oxygen atoms in total. The van der Waals surface area contributed by atoms with Gasteiger partial charge in [-0.25, -0.2) is 0 Å². The van der Waals surface area contributed by atoms with E-state index in [0.717, 1.165) is 6.54 Å². The van der Waals surface area contributed by atoms with Crippen molar-refractivity contribution >= 4 is 0 Å². The molecule has 2 aliphatic rings. The van der Waals surface area contributed by atoms with Gasteiger partial charge >= 0.3 is 0 Å². The van der Waals surface area contributed by atoms with Gasteiger partial charge < -0.3 is 0 Å². The van der Waals surface area contributed by atoms with Gasteiger partial charge in [0.2, 0.25) is 0 Å². The second-order valence-electron chi connectivity index (χ2n) is 5.56. The fraction of sp³-hybridized carbons (Fsp3) is 0.222. The zero-order chi connectivity index (χ0) is 12.7. The molecule has 94 valence electrons. The standard InChI is InChI=1S/C18H17N/c1-2-6-14(7-3-1)15-9-10-17-16(12-15)13-19-11-5-4-8-18(17)19/h1-3,5-7,9-12,18H,4,8,13H2/p+1. The Kier molecular flexibility index (Phi) is 2.52. The molecule has 0 radical (unpaired) electrons. The van der Waals surface area contributed by atoms with Crippen molar-refractivity contribution in [3.8, 4) is 11.1 Å². The quantitative estimate of drug-likeness (QED) is 0.791. The summed E-state index contributed by atoms with van der Waals surface area (Å²) in [7, 11) is 0. The summed E-state index contributed by atoms with van der Waals surface area (Å²) in [5.41, 5.74) is 5.77. The number of hydrogen-bond acceptors (Lipinski definition) is 0. The lowest BCUT2D eigenvalue weighted by atomic mass is 9.96. The Morgan fingerprint density at radius 1 is 0.947 bits per heavy atom. The van der Waals surface area contributed by atoms with Crippen LogP contribution in [0.15, 0.2) is 60.8 Å². The average molecular weight is 248 g/mol. The molecule has 0 fully saturated rings. The van der Waals surface area contributed by atoms with Crippen LogP contribution in [0.4, 0.5) is 0 Å². The Labute approximate surface area is 114 Å². The summed E-state index contributed by atoms with van der Waals surface area (Å²) in [6, 6.07) is 18.4. The van der Waals surface area contributed by atoms with Gasteiger partial charge in [-0.2, -0.15) is 0 Å². The molecule has 0 saturated carbocycles. The van der Waals surface area contributed by atoms with E-state index in [1.165, 1.54) is 29.5 Å². The Morgan fingerprint density at radius 3 is 2.74 bits per heavy atom. The van der Waals surface area contributed by atoms with Crippen LogP contribution < -0.4 is 4.90 Å². The minimum Gasteiger partial charge on any atom is -0.299 e. The Hall–Kier alpha value is -1.86. The van der Waals surface area contributed by atoms with Crippen LogP contribution in [-0.2, 0) is 6.54 Å². The molecule has 0 saturated heterocycles. The molecule has 2 aromatic rings. The largest absolute Gasteiger partial charge is 0.299 e. The first-order valence-electron chi connectivity index (χ1n) is 7.12. The molecule has 2 aliphatic heterocycles. The van der Waals surface area contributed by atoms with Crippen molar-refractivity contribution in [3.63, 3.8) is 0 Å². The maximum absolute atomic E-state index is 2.39. The fourth-order valence-electron chi connectivity index (χ4n) is 3.47. The molecule has 0 amide bonds. The van der Waals surface area contributed by atoms with Gasteiger partial charge in [-0.05, 0) is 29.7 Å². The highest BCUT2D eigenvalue weighted by atomic mass is 15.2. The number of quaternary nitrogens is 1. The minimum atomic E-state index is 0.699. The van der Waals surface area contributed by atoms with E-state index in [4.69, 9.17) is 0 Å². The molecular weight excluding hydrogens is 230 g/mol. The van der Waals surface area contributed by atoms with Crippen LogP contribution >= 0.6 is 0 Å². The lowest BCUT2D eigenvalue weighted by Gasteiger charge is -2.20. The van der Waals surface area contributed by atoms with E-state index in [1.807, 2.05) is 0 Å². The SMILES string of the molecule is C1=C[NH+]2Cc3cc(-c4ccccc4)ccc3C2CC1. The molecule has 0 aromatic heterocycles. The van der Waals surface area contributed by atoms with Gasteiger partial charge in [0.05, 0.1) is 6.20 Å². The monoisotopic (exact) mass is 248 g/mol. The highest BCUT2D eigenvalue weighted by Gasteiger charge is 2.33. The van der Waals surface area contributed by atoms with Crippen molar-refractivity contribution in [2.45, 2.75) is 25.4 Å². The number of hydrogen-bond donors (Lipinski definition) is 1. The Bertz CT molecular complexity index is 627. The van der Waals surface area contributed by atoms with E-state index in [9.17, 15) is 0 Å². The molecule has 2 aromatic carbocycles. The van der Waals surface area contributed by atoms with Crippen molar-refractivity contribution in [1.29, 1.82) is 0 Å². The molecule has 19 heavy (non-hydrogen) atoms. The van der Waals surface area contributed by atoms with Crippen molar-refractivity contribution in [2.75, 3.05) is 0 Å². The topological polar surface area (TPSA) is 4.44 Å². The molecule has 0 bridgehead atoms. The first-order valence-corrected chi connectivity index (χ1v) is 7.12. The lowest BCUT2D eigenvalue weighted by molar-refractivity contribution is -0.889. The molecule has 2 atom stereocenters. The summed E-state index contributed by atoms with van der Waals surface area (Å²) in [5, 5.41) is 0. The summed E-state index contributed by atoms with van der Waals surface area (Å²) < 4.78 is 0.